The first kappa shape index (κ1) is 26.7. The summed E-state index contributed by atoms with van der Waals surface area (Å²) in [6, 6.07) is 1.26. The van der Waals surface area contributed by atoms with Gasteiger partial charge in [-0.1, -0.05) is 46.7 Å². The topological polar surface area (TPSA) is 115 Å². The van der Waals surface area contributed by atoms with Crippen molar-refractivity contribution in [1.29, 1.82) is 0 Å². The Kier molecular flexibility index (Phi) is 7.83. The van der Waals surface area contributed by atoms with Crippen molar-refractivity contribution in [3.8, 4) is 0 Å². The van der Waals surface area contributed by atoms with Gasteiger partial charge in [-0.05, 0) is 36.6 Å². The largest absolute Gasteiger partial charge is 0.411 e. The van der Waals surface area contributed by atoms with Crippen LogP contribution in [0.2, 0.25) is 31.2 Å². The van der Waals surface area contributed by atoms with Gasteiger partial charge in [-0.3, -0.25) is 14.3 Å². The molecule has 0 spiro atoms. The van der Waals surface area contributed by atoms with E-state index in [-0.39, 0.29) is 10.5 Å². The lowest BCUT2D eigenvalue weighted by Gasteiger charge is -2.39. The monoisotopic (exact) mass is 484 g/mol. The molecule has 2 rings (SSSR count). The van der Waals surface area contributed by atoms with Gasteiger partial charge in [0.1, 0.15) is 17.9 Å². The van der Waals surface area contributed by atoms with Crippen LogP contribution in [0.15, 0.2) is 27.0 Å². The SMILES string of the molecule is C[Si](C)OC(C1OC(n2ccc(=O)[nH]c2=O)C(O[Si](C)(C)C(C)(C)C)/C1=N/O)C(C)(C)C. The second-order valence-electron chi connectivity index (χ2n) is 11.1. The van der Waals surface area contributed by atoms with Crippen LogP contribution in [-0.4, -0.2) is 56.1 Å². The van der Waals surface area contributed by atoms with E-state index >= 15 is 0 Å². The molecule has 181 valence electrons. The fourth-order valence-corrected chi connectivity index (χ4v) is 5.55. The molecule has 4 atom stereocenters. The molecule has 1 aromatic rings. The number of hydrogen-bond acceptors (Lipinski definition) is 7. The van der Waals surface area contributed by atoms with Crippen molar-refractivity contribution in [3.05, 3.63) is 33.1 Å². The summed E-state index contributed by atoms with van der Waals surface area (Å²) in [5.74, 6) is 0. The molecule has 0 aliphatic carbocycles. The molecule has 1 radical (unpaired) electrons. The van der Waals surface area contributed by atoms with Crippen molar-refractivity contribution in [2.24, 2.45) is 10.6 Å². The molecule has 4 unspecified atom stereocenters. The van der Waals surface area contributed by atoms with Crippen LogP contribution in [0.4, 0.5) is 0 Å². The van der Waals surface area contributed by atoms with Gasteiger partial charge in [-0.25, -0.2) is 4.79 Å². The maximum Gasteiger partial charge on any atom is 0.330 e. The van der Waals surface area contributed by atoms with E-state index in [0.717, 1.165) is 0 Å². The van der Waals surface area contributed by atoms with Crippen LogP contribution in [0.1, 0.15) is 47.8 Å². The minimum absolute atomic E-state index is 0.130. The van der Waals surface area contributed by atoms with E-state index in [1.54, 1.807) is 0 Å². The first-order valence-electron chi connectivity index (χ1n) is 10.8. The number of H-pyrrole nitrogens is 1. The summed E-state index contributed by atoms with van der Waals surface area (Å²) in [6.07, 6.45) is -1.49. The molecule has 2 N–H and O–H groups in total. The molecular weight excluding hydrogens is 446 g/mol. The minimum atomic E-state index is -2.37. The summed E-state index contributed by atoms with van der Waals surface area (Å²) in [7, 11) is -3.49. The summed E-state index contributed by atoms with van der Waals surface area (Å²) in [5, 5.41) is 13.6. The molecule has 1 saturated heterocycles. The molecule has 11 heteroatoms. The zero-order valence-corrected chi connectivity index (χ0v) is 22.8. The van der Waals surface area contributed by atoms with Gasteiger partial charge in [0.15, 0.2) is 14.5 Å². The number of ether oxygens (including phenoxy) is 1. The molecule has 0 bridgehead atoms. The molecule has 1 aromatic heterocycles. The van der Waals surface area contributed by atoms with Gasteiger partial charge >= 0.3 is 5.69 Å². The Hall–Kier alpha value is -1.54. The molecular formula is C21H38N3O6Si2. The van der Waals surface area contributed by atoms with E-state index < -0.39 is 53.1 Å². The highest BCUT2D eigenvalue weighted by Crippen LogP contribution is 2.43. The van der Waals surface area contributed by atoms with E-state index in [9.17, 15) is 14.8 Å². The second-order valence-corrected chi connectivity index (χ2v) is 17.9. The van der Waals surface area contributed by atoms with Crippen molar-refractivity contribution in [3.63, 3.8) is 0 Å². The van der Waals surface area contributed by atoms with Gasteiger partial charge in [0, 0.05) is 12.3 Å². The summed E-state index contributed by atoms with van der Waals surface area (Å²) < 4.78 is 20.6. The quantitative estimate of drug-likeness (QED) is 0.363. The molecule has 1 aliphatic heterocycles. The Balaban J connectivity index is 2.64. The van der Waals surface area contributed by atoms with E-state index in [1.165, 1.54) is 16.8 Å². The number of hydrogen-bond donors (Lipinski definition) is 2. The highest BCUT2D eigenvalue weighted by molar-refractivity contribution is 6.74. The molecule has 1 aliphatic rings. The normalized spacial score (nSPS) is 25.0. The molecule has 1 fully saturated rings. The predicted octanol–water partition coefficient (Wildman–Crippen LogP) is 3.34. The van der Waals surface area contributed by atoms with Crippen LogP contribution in [-0.2, 0) is 13.6 Å². The number of rotatable bonds is 6. The summed E-state index contributed by atoms with van der Waals surface area (Å²) in [4.78, 5) is 26.5. The van der Waals surface area contributed by atoms with E-state index in [1.807, 2.05) is 33.9 Å². The van der Waals surface area contributed by atoms with Gasteiger partial charge in [0.25, 0.3) is 5.56 Å². The highest BCUT2D eigenvalue weighted by atomic mass is 28.4. The van der Waals surface area contributed by atoms with Gasteiger partial charge < -0.3 is 18.8 Å². The van der Waals surface area contributed by atoms with Gasteiger partial charge in [0.05, 0.1) is 6.10 Å². The molecule has 32 heavy (non-hydrogen) atoms. The first-order chi connectivity index (χ1) is 14.5. The lowest BCUT2D eigenvalue weighted by atomic mass is 9.84. The maximum absolute atomic E-state index is 12.6. The molecule has 9 nitrogen and oxygen atoms in total. The van der Waals surface area contributed by atoms with E-state index in [0.29, 0.717) is 5.71 Å². The van der Waals surface area contributed by atoms with Gasteiger partial charge in [0.2, 0.25) is 9.04 Å². The lowest BCUT2D eigenvalue weighted by Crippen LogP contribution is -2.50. The predicted molar refractivity (Wildman–Crippen MR) is 128 cm³/mol. The van der Waals surface area contributed by atoms with Crippen LogP contribution in [0.3, 0.4) is 0 Å². The van der Waals surface area contributed by atoms with Crippen LogP contribution in [0.5, 0.6) is 0 Å². The summed E-state index contributed by atoms with van der Waals surface area (Å²) in [6.45, 7) is 20.6. The van der Waals surface area contributed by atoms with Crippen molar-refractivity contribution >= 4 is 23.1 Å². The van der Waals surface area contributed by atoms with Crippen LogP contribution in [0, 0.1) is 5.41 Å². The second kappa shape index (κ2) is 9.37. The van der Waals surface area contributed by atoms with Gasteiger partial charge in [-0.15, -0.1) is 0 Å². The minimum Gasteiger partial charge on any atom is -0.411 e. The molecule has 0 amide bonds. The third-order valence-electron chi connectivity index (χ3n) is 6.09. The zero-order valence-electron chi connectivity index (χ0n) is 20.8. The number of aromatic nitrogens is 2. The van der Waals surface area contributed by atoms with Crippen LogP contribution in [0.25, 0.3) is 0 Å². The Morgan fingerprint density at radius 2 is 1.81 bits per heavy atom. The standard InChI is InChI=1S/C21H38N3O6Si2/c1-20(2,3)17(29-31(7)8)15-14(23-27)16(30-32(9,10)21(4,5)6)18(28-15)24-12-11-13(25)22-19(24)26/h11-12,15-18,27H,1-10H3,(H,22,25,26)/b23-14+. The summed E-state index contributed by atoms with van der Waals surface area (Å²) in [5.41, 5.74) is -1.16. The maximum atomic E-state index is 12.6. The third kappa shape index (κ3) is 5.68. The number of aromatic amines is 1. The van der Waals surface area contributed by atoms with Crippen molar-refractivity contribution < 1.29 is 18.8 Å². The molecule has 0 aromatic carbocycles. The van der Waals surface area contributed by atoms with Gasteiger partial charge in [-0.2, -0.15) is 0 Å². The average molecular weight is 485 g/mol. The lowest BCUT2D eigenvalue weighted by molar-refractivity contribution is -0.0901. The van der Waals surface area contributed by atoms with Crippen molar-refractivity contribution in [2.75, 3.05) is 0 Å². The van der Waals surface area contributed by atoms with E-state index in [2.05, 4.69) is 44.0 Å². The molecule has 0 saturated carbocycles. The molecule has 2 heterocycles. The van der Waals surface area contributed by atoms with Crippen molar-refractivity contribution in [1.82, 2.24) is 9.55 Å². The van der Waals surface area contributed by atoms with Crippen LogP contribution < -0.4 is 11.2 Å². The third-order valence-corrected chi connectivity index (χ3v) is 11.3. The fourth-order valence-electron chi connectivity index (χ4n) is 3.34. The highest BCUT2D eigenvalue weighted by Gasteiger charge is 2.53. The Morgan fingerprint density at radius 1 is 1.22 bits per heavy atom. The smallest absolute Gasteiger partial charge is 0.330 e. The number of nitrogens with one attached hydrogen (secondary N) is 1. The van der Waals surface area contributed by atoms with Crippen molar-refractivity contribution in [2.45, 2.75) is 97.3 Å². The summed E-state index contributed by atoms with van der Waals surface area (Å²) >= 11 is 0. The Labute approximate surface area is 192 Å². The zero-order chi connectivity index (χ0) is 24.6. The Morgan fingerprint density at radius 3 is 2.25 bits per heavy atom. The number of oxime groups is 1. The van der Waals surface area contributed by atoms with E-state index in [4.69, 9.17) is 13.6 Å². The Bertz CT molecular complexity index is 942. The first-order valence-corrected chi connectivity index (χ1v) is 16.1. The number of nitrogens with zero attached hydrogens (tertiary/aromatic N) is 2. The average Bonchev–Trinajstić information content (AvgIpc) is 2.94. The van der Waals surface area contributed by atoms with Crippen LogP contribution >= 0.6 is 0 Å². The fraction of sp³-hybridized carbons (Fsp3) is 0.762.